The molecule has 34 heavy (non-hydrogen) atoms. The van der Waals surface area contributed by atoms with Gasteiger partial charge in [-0.15, -0.1) is 0 Å². The summed E-state index contributed by atoms with van der Waals surface area (Å²) in [6.07, 6.45) is 3.24. The fourth-order valence-electron chi connectivity index (χ4n) is 3.49. The number of carbonyl (C=O) groups is 1. The first-order chi connectivity index (χ1) is 16.6. The minimum Gasteiger partial charge on any atom is -0.497 e. The molecule has 0 fully saturated rings. The number of aromatic nitrogens is 3. The Balaban J connectivity index is 1.35. The Hall–Kier alpha value is -3.59. The highest BCUT2D eigenvalue weighted by Gasteiger charge is 2.13. The third-order valence-corrected chi connectivity index (χ3v) is 6.31. The van der Waals surface area contributed by atoms with Crippen LogP contribution in [0.4, 0.5) is 4.39 Å². The van der Waals surface area contributed by atoms with Crippen molar-refractivity contribution in [3.05, 3.63) is 83.4 Å². The van der Waals surface area contributed by atoms with E-state index in [0.717, 1.165) is 10.9 Å². The summed E-state index contributed by atoms with van der Waals surface area (Å²) in [6, 6.07) is 14.1. The maximum atomic E-state index is 13.7. The van der Waals surface area contributed by atoms with E-state index < -0.39 is 0 Å². The Labute approximate surface area is 201 Å². The predicted molar refractivity (Wildman–Crippen MR) is 131 cm³/mol. The zero-order valence-electron chi connectivity index (χ0n) is 19.0. The summed E-state index contributed by atoms with van der Waals surface area (Å²) in [7, 11) is 3.22. The highest BCUT2D eigenvalue weighted by Crippen LogP contribution is 2.26. The molecule has 2 aromatic heterocycles. The molecule has 0 bridgehead atoms. The minimum atomic E-state index is -0.204. The second-order valence-electron chi connectivity index (χ2n) is 7.52. The van der Waals surface area contributed by atoms with Crippen molar-refractivity contribution in [1.29, 1.82) is 0 Å². The lowest BCUT2D eigenvalue weighted by atomic mass is 10.2. The molecule has 0 radical (unpaired) electrons. The molecular weight excluding hydrogens is 455 g/mol. The van der Waals surface area contributed by atoms with Gasteiger partial charge in [-0.05, 0) is 29.8 Å². The van der Waals surface area contributed by atoms with E-state index in [1.165, 1.54) is 6.07 Å². The number of halogens is 1. The molecular formula is C25H25FN4O3S. The average Bonchev–Trinajstić information content (AvgIpc) is 3.27. The summed E-state index contributed by atoms with van der Waals surface area (Å²) in [6.45, 7) is 0.945. The number of nitrogens with one attached hydrogen (secondary N) is 1. The highest BCUT2D eigenvalue weighted by molar-refractivity contribution is 7.98. The normalized spacial score (nSPS) is 10.9. The first-order valence-corrected chi connectivity index (χ1v) is 11.9. The molecule has 176 valence electrons. The number of carbonyl (C=O) groups excluding carboxylic acids is 1. The van der Waals surface area contributed by atoms with Crippen LogP contribution in [0.5, 0.6) is 11.5 Å². The zero-order valence-corrected chi connectivity index (χ0v) is 19.8. The molecule has 1 N–H and O–H groups in total. The van der Waals surface area contributed by atoms with E-state index in [4.69, 9.17) is 9.47 Å². The van der Waals surface area contributed by atoms with Crippen molar-refractivity contribution in [2.24, 2.45) is 0 Å². The van der Waals surface area contributed by atoms with Gasteiger partial charge in [-0.3, -0.25) is 4.79 Å². The zero-order chi connectivity index (χ0) is 23.9. The van der Waals surface area contributed by atoms with Gasteiger partial charge in [0.25, 0.3) is 5.91 Å². The molecule has 0 unspecified atom stereocenters. The molecule has 2 aromatic carbocycles. The van der Waals surface area contributed by atoms with Crippen LogP contribution in [0.2, 0.25) is 0 Å². The van der Waals surface area contributed by atoms with Crippen LogP contribution in [0.25, 0.3) is 11.0 Å². The van der Waals surface area contributed by atoms with Crippen molar-refractivity contribution < 1.29 is 18.7 Å². The minimum absolute atomic E-state index is 0.203. The summed E-state index contributed by atoms with van der Waals surface area (Å²) >= 11 is 1.57. The van der Waals surface area contributed by atoms with Gasteiger partial charge in [0.2, 0.25) is 0 Å². The number of benzene rings is 2. The topological polar surface area (TPSA) is 78.3 Å². The molecule has 4 rings (SSSR count). The van der Waals surface area contributed by atoms with E-state index >= 15 is 0 Å². The highest BCUT2D eigenvalue weighted by atomic mass is 32.2. The van der Waals surface area contributed by atoms with E-state index in [1.54, 1.807) is 61.3 Å². The van der Waals surface area contributed by atoms with Crippen LogP contribution in [-0.2, 0) is 12.3 Å². The van der Waals surface area contributed by atoms with Gasteiger partial charge in [-0.2, -0.15) is 16.9 Å². The average molecular weight is 481 g/mol. The molecule has 2 heterocycles. The van der Waals surface area contributed by atoms with Crippen molar-refractivity contribution in [3.8, 4) is 11.5 Å². The number of amides is 1. The molecule has 0 aliphatic rings. The molecule has 0 atom stereocenters. The molecule has 4 aromatic rings. The number of rotatable bonds is 10. The van der Waals surface area contributed by atoms with E-state index in [0.29, 0.717) is 52.9 Å². The number of thioether (sulfide) groups is 1. The Kier molecular flexibility index (Phi) is 7.64. The number of fused-ring (bicyclic) bond motifs is 1. The van der Waals surface area contributed by atoms with Crippen LogP contribution in [0, 0.1) is 5.82 Å². The quantitative estimate of drug-likeness (QED) is 0.341. The van der Waals surface area contributed by atoms with Crippen LogP contribution in [-0.4, -0.2) is 47.2 Å². The third kappa shape index (κ3) is 5.48. The summed E-state index contributed by atoms with van der Waals surface area (Å²) in [4.78, 5) is 17.0. The Morgan fingerprint density at radius 2 is 1.94 bits per heavy atom. The Bertz CT molecular complexity index is 1290. The molecule has 0 spiro atoms. The summed E-state index contributed by atoms with van der Waals surface area (Å²) < 4.78 is 26.1. The van der Waals surface area contributed by atoms with Gasteiger partial charge >= 0.3 is 0 Å². The summed E-state index contributed by atoms with van der Waals surface area (Å²) in [5, 5.41) is 8.09. The Morgan fingerprint density at radius 1 is 1.09 bits per heavy atom. The molecule has 0 saturated heterocycles. The first-order valence-electron chi connectivity index (χ1n) is 10.7. The standard InChI is InChI=1S/C25H25FN4O3S/c1-32-21-8-7-17(23(12-21)33-2)15-30-24-19(14-29-30)11-20(13-28-24)25(31)27-9-10-34-16-18-5-3-4-6-22(18)26/h3-8,11-14H,9-10,15-16H2,1-2H3,(H,27,31). The molecule has 0 aliphatic carbocycles. The van der Waals surface area contributed by atoms with Crippen molar-refractivity contribution in [2.45, 2.75) is 12.3 Å². The van der Waals surface area contributed by atoms with Gasteiger partial charge in [-0.1, -0.05) is 18.2 Å². The fourth-order valence-corrected chi connectivity index (χ4v) is 4.34. The fraction of sp³-hybridized carbons (Fsp3) is 0.240. The molecule has 7 nitrogen and oxygen atoms in total. The summed E-state index contributed by atoms with van der Waals surface area (Å²) in [5.41, 5.74) is 2.74. The van der Waals surface area contributed by atoms with E-state index in [2.05, 4.69) is 15.4 Å². The van der Waals surface area contributed by atoms with E-state index in [-0.39, 0.29) is 11.7 Å². The first kappa shape index (κ1) is 23.6. The Morgan fingerprint density at radius 3 is 2.74 bits per heavy atom. The van der Waals surface area contributed by atoms with Crippen LogP contribution in [0.15, 0.2) is 60.9 Å². The van der Waals surface area contributed by atoms with Gasteiger partial charge in [0, 0.05) is 41.3 Å². The van der Waals surface area contributed by atoms with Gasteiger partial charge < -0.3 is 14.8 Å². The van der Waals surface area contributed by atoms with Crippen LogP contribution >= 0.6 is 11.8 Å². The second kappa shape index (κ2) is 11.0. The number of ether oxygens (including phenoxy) is 2. The lowest BCUT2D eigenvalue weighted by Crippen LogP contribution is -2.25. The predicted octanol–water partition coefficient (Wildman–Crippen LogP) is 4.30. The number of hydrogen-bond donors (Lipinski definition) is 1. The lowest BCUT2D eigenvalue weighted by Gasteiger charge is -2.11. The maximum Gasteiger partial charge on any atom is 0.252 e. The van der Waals surface area contributed by atoms with Gasteiger partial charge in [-0.25, -0.2) is 14.1 Å². The molecule has 9 heteroatoms. The smallest absolute Gasteiger partial charge is 0.252 e. The van der Waals surface area contributed by atoms with Crippen molar-refractivity contribution >= 4 is 28.7 Å². The van der Waals surface area contributed by atoms with Crippen LogP contribution in [0.1, 0.15) is 21.5 Å². The van der Waals surface area contributed by atoms with Crippen molar-refractivity contribution in [1.82, 2.24) is 20.1 Å². The molecule has 0 saturated carbocycles. The van der Waals surface area contributed by atoms with Crippen molar-refractivity contribution in [2.75, 3.05) is 26.5 Å². The number of pyridine rings is 1. The van der Waals surface area contributed by atoms with Gasteiger partial charge in [0.15, 0.2) is 5.65 Å². The van der Waals surface area contributed by atoms with Gasteiger partial charge in [0.1, 0.15) is 17.3 Å². The maximum absolute atomic E-state index is 13.7. The van der Waals surface area contributed by atoms with Crippen LogP contribution in [0.3, 0.4) is 0 Å². The number of nitrogens with zero attached hydrogens (tertiary/aromatic N) is 3. The SMILES string of the molecule is COc1ccc(Cn2ncc3cc(C(=O)NCCSCc4ccccc4F)cnc32)c(OC)c1. The number of hydrogen-bond acceptors (Lipinski definition) is 6. The van der Waals surface area contributed by atoms with Gasteiger partial charge in [0.05, 0.1) is 32.5 Å². The molecule has 1 amide bonds. The third-order valence-electron chi connectivity index (χ3n) is 5.30. The molecule has 0 aliphatic heterocycles. The second-order valence-corrected chi connectivity index (χ2v) is 8.62. The number of methoxy groups -OCH3 is 2. The van der Waals surface area contributed by atoms with Crippen LogP contribution < -0.4 is 14.8 Å². The van der Waals surface area contributed by atoms with Crippen molar-refractivity contribution in [3.63, 3.8) is 0 Å². The lowest BCUT2D eigenvalue weighted by molar-refractivity contribution is 0.0956. The largest absolute Gasteiger partial charge is 0.497 e. The van der Waals surface area contributed by atoms with E-state index in [1.807, 2.05) is 24.3 Å². The summed E-state index contributed by atoms with van der Waals surface area (Å²) in [5.74, 6) is 2.25. The van der Waals surface area contributed by atoms with E-state index in [9.17, 15) is 9.18 Å². The monoisotopic (exact) mass is 480 g/mol.